The summed E-state index contributed by atoms with van der Waals surface area (Å²) in [7, 11) is 0. The number of nitrogens with one attached hydrogen (secondary N) is 1. The number of hydrogen-bond donors (Lipinski definition) is 1. The summed E-state index contributed by atoms with van der Waals surface area (Å²) in [5, 5.41) is 7.58. The van der Waals surface area contributed by atoms with Gasteiger partial charge in [-0.05, 0) is 37.6 Å². The van der Waals surface area contributed by atoms with E-state index < -0.39 is 0 Å². The molecule has 1 aromatic carbocycles. The third-order valence-electron chi connectivity index (χ3n) is 2.82. The first-order valence-electron chi connectivity index (χ1n) is 6.81. The van der Waals surface area contributed by atoms with Gasteiger partial charge in [0.25, 0.3) is 0 Å². The van der Waals surface area contributed by atoms with E-state index in [4.69, 9.17) is 4.74 Å². The molecule has 102 valence electrons. The summed E-state index contributed by atoms with van der Waals surface area (Å²) in [6.07, 6.45) is 4.79. The van der Waals surface area contributed by atoms with Crippen LogP contribution < -0.4 is 10.1 Å². The van der Waals surface area contributed by atoms with E-state index in [9.17, 15) is 0 Å². The second kappa shape index (κ2) is 6.95. The number of hydrogen-bond acceptors (Lipinski definition) is 3. The van der Waals surface area contributed by atoms with Crippen molar-refractivity contribution in [1.29, 1.82) is 0 Å². The molecule has 0 bridgehead atoms. The van der Waals surface area contributed by atoms with Crippen LogP contribution in [0.5, 0.6) is 11.5 Å². The first kappa shape index (κ1) is 13.6. The van der Waals surface area contributed by atoms with Gasteiger partial charge in [0.1, 0.15) is 5.75 Å². The quantitative estimate of drug-likeness (QED) is 0.776. The molecule has 1 N–H and O–H groups in total. The first-order chi connectivity index (χ1) is 9.31. The highest BCUT2D eigenvalue weighted by molar-refractivity contribution is 5.32. The molecule has 0 radical (unpaired) electrons. The van der Waals surface area contributed by atoms with Crippen LogP contribution >= 0.6 is 0 Å². The lowest BCUT2D eigenvalue weighted by molar-refractivity contribution is 0.480. The van der Waals surface area contributed by atoms with Crippen LogP contribution in [0.15, 0.2) is 36.7 Å². The molecule has 2 rings (SSSR count). The predicted molar refractivity (Wildman–Crippen MR) is 76.4 cm³/mol. The van der Waals surface area contributed by atoms with Crippen LogP contribution in [0.2, 0.25) is 0 Å². The maximum atomic E-state index is 5.80. The Balaban J connectivity index is 1.98. The minimum atomic E-state index is 0.778. The largest absolute Gasteiger partial charge is 0.454 e. The third kappa shape index (κ3) is 4.10. The summed E-state index contributed by atoms with van der Waals surface area (Å²) in [6, 6.07) is 8.14. The van der Waals surface area contributed by atoms with Gasteiger partial charge in [-0.1, -0.05) is 19.1 Å². The summed E-state index contributed by atoms with van der Waals surface area (Å²) < 4.78 is 7.65. The molecular formula is C15H21N3O. The molecule has 0 spiro atoms. The molecule has 0 aliphatic heterocycles. The highest BCUT2D eigenvalue weighted by Crippen LogP contribution is 2.21. The van der Waals surface area contributed by atoms with Crippen molar-refractivity contribution in [2.24, 2.45) is 0 Å². The van der Waals surface area contributed by atoms with E-state index >= 15 is 0 Å². The predicted octanol–water partition coefficient (Wildman–Crippen LogP) is 3.19. The maximum Gasteiger partial charge on any atom is 0.165 e. The van der Waals surface area contributed by atoms with Gasteiger partial charge in [-0.3, -0.25) is 4.68 Å². The number of benzene rings is 1. The Labute approximate surface area is 114 Å². The molecular weight excluding hydrogens is 238 g/mol. The van der Waals surface area contributed by atoms with Gasteiger partial charge in [-0.25, -0.2) is 0 Å². The van der Waals surface area contributed by atoms with Gasteiger partial charge in [-0.2, -0.15) is 5.10 Å². The minimum absolute atomic E-state index is 0.778. The molecule has 0 saturated carbocycles. The van der Waals surface area contributed by atoms with Gasteiger partial charge in [0, 0.05) is 13.1 Å². The van der Waals surface area contributed by atoms with E-state index in [1.807, 2.05) is 23.0 Å². The lowest BCUT2D eigenvalue weighted by Crippen LogP contribution is -2.13. The molecule has 0 aliphatic carbocycles. The van der Waals surface area contributed by atoms with E-state index in [0.29, 0.717) is 0 Å². The lowest BCUT2D eigenvalue weighted by atomic mass is 10.2. The topological polar surface area (TPSA) is 39.1 Å². The first-order valence-corrected chi connectivity index (χ1v) is 6.81. The number of aryl methyl sites for hydroxylation is 1. The van der Waals surface area contributed by atoms with Gasteiger partial charge in [0.05, 0.1) is 12.4 Å². The number of ether oxygens (including phenoxy) is 1. The molecule has 0 amide bonds. The van der Waals surface area contributed by atoms with Crippen LogP contribution in [0, 0.1) is 0 Å². The molecule has 0 unspecified atom stereocenters. The second-order valence-corrected chi connectivity index (χ2v) is 4.46. The molecule has 4 heteroatoms. The van der Waals surface area contributed by atoms with Crippen LogP contribution in [0.25, 0.3) is 0 Å². The summed E-state index contributed by atoms with van der Waals surface area (Å²) in [5.74, 6) is 1.63. The zero-order valence-corrected chi connectivity index (χ0v) is 11.6. The summed E-state index contributed by atoms with van der Waals surface area (Å²) in [6.45, 7) is 6.98. The van der Waals surface area contributed by atoms with Crippen molar-refractivity contribution in [2.75, 3.05) is 6.54 Å². The molecule has 0 fully saturated rings. The van der Waals surface area contributed by atoms with Crippen molar-refractivity contribution in [3.05, 3.63) is 42.2 Å². The molecule has 4 nitrogen and oxygen atoms in total. The van der Waals surface area contributed by atoms with Gasteiger partial charge < -0.3 is 10.1 Å². The van der Waals surface area contributed by atoms with Crippen molar-refractivity contribution in [2.45, 2.75) is 33.4 Å². The maximum absolute atomic E-state index is 5.80. The van der Waals surface area contributed by atoms with Crippen LogP contribution in [0.1, 0.15) is 25.8 Å². The van der Waals surface area contributed by atoms with Crippen molar-refractivity contribution in [1.82, 2.24) is 15.1 Å². The Bertz CT molecular complexity index is 508. The fourth-order valence-corrected chi connectivity index (χ4v) is 1.83. The second-order valence-electron chi connectivity index (χ2n) is 4.46. The SMILES string of the molecule is CCCNCc1cccc(Oc2cnn(CC)c2)c1. The molecule has 0 atom stereocenters. The third-order valence-corrected chi connectivity index (χ3v) is 2.82. The average molecular weight is 259 g/mol. The molecule has 1 heterocycles. The lowest BCUT2D eigenvalue weighted by Gasteiger charge is -2.06. The van der Waals surface area contributed by atoms with Crippen molar-refractivity contribution in [3.63, 3.8) is 0 Å². The molecule has 0 aliphatic rings. The monoisotopic (exact) mass is 259 g/mol. The van der Waals surface area contributed by atoms with Crippen LogP contribution in [0.3, 0.4) is 0 Å². The zero-order valence-electron chi connectivity index (χ0n) is 11.6. The average Bonchev–Trinajstić information content (AvgIpc) is 2.87. The van der Waals surface area contributed by atoms with Crippen molar-refractivity contribution in [3.8, 4) is 11.5 Å². The van der Waals surface area contributed by atoms with Gasteiger partial charge in [0.15, 0.2) is 5.75 Å². The highest BCUT2D eigenvalue weighted by atomic mass is 16.5. The van der Waals surface area contributed by atoms with Crippen molar-refractivity contribution < 1.29 is 4.74 Å². The fourth-order valence-electron chi connectivity index (χ4n) is 1.83. The summed E-state index contributed by atoms with van der Waals surface area (Å²) in [4.78, 5) is 0. The summed E-state index contributed by atoms with van der Waals surface area (Å²) in [5.41, 5.74) is 1.23. The number of rotatable bonds is 7. The van der Waals surface area contributed by atoms with Crippen LogP contribution in [-0.4, -0.2) is 16.3 Å². The summed E-state index contributed by atoms with van der Waals surface area (Å²) >= 11 is 0. The normalized spacial score (nSPS) is 10.6. The fraction of sp³-hybridized carbons (Fsp3) is 0.400. The van der Waals surface area contributed by atoms with E-state index in [-0.39, 0.29) is 0 Å². The number of nitrogens with zero attached hydrogens (tertiary/aromatic N) is 2. The minimum Gasteiger partial charge on any atom is -0.454 e. The van der Waals surface area contributed by atoms with E-state index in [0.717, 1.165) is 37.6 Å². The Morgan fingerprint density at radius 3 is 2.89 bits per heavy atom. The van der Waals surface area contributed by atoms with E-state index in [1.165, 1.54) is 5.56 Å². The molecule has 19 heavy (non-hydrogen) atoms. The highest BCUT2D eigenvalue weighted by Gasteiger charge is 2.01. The van der Waals surface area contributed by atoms with E-state index in [1.54, 1.807) is 6.20 Å². The standard InChI is InChI=1S/C15H21N3O/c1-3-8-16-10-13-6-5-7-14(9-13)19-15-11-17-18(4-2)12-15/h5-7,9,11-12,16H,3-4,8,10H2,1-2H3. The molecule has 2 aromatic rings. The van der Waals surface area contributed by atoms with Crippen LogP contribution in [0.4, 0.5) is 0 Å². The molecule has 0 saturated heterocycles. The Morgan fingerprint density at radius 1 is 1.26 bits per heavy atom. The van der Waals surface area contributed by atoms with Gasteiger partial charge in [-0.15, -0.1) is 0 Å². The zero-order chi connectivity index (χ0) is 13.5. The van der Waals surface area contributed by atoms with E-state index in [2.05, 4.69) is 36.4 Å². The van der Waals surface area contributed by atoms with Gasteiger partial charge in [0.2, 0.25) is 0 Å². The Kier molecular flexibility index (Phi) is 4.98. The molecule has 1 aromatic heterocycles. The van der Waals surface area contributed by atoms with Gasteiger partial charge >= 0.3 is 0 Å². The van der Waals surface area contributed by atoms with Crippen molar-refractivity contribution >= 4 is 0 Å². The smallest absolute Gasteiger partial charge is 0.165 e. The number of aromatic nitrogens is 2. The Morgan fingerprint density at radius 2 is 2.16 bits per heavy atom. The Hall–Kier alpha value is -1.81. The van der Waals surface area contributed by atoms with Crippen LogP contribution in [-0.2, 0) is 13.1 Å².